The van der Waals surface area contributed by atoms with Gasteiger partial charge >= 0.3 is 11.9 Å². The van der Waals surface area contributed by atoms with Gasteiger partial charge in [0.2, 0.25) is 0 Å². The number of hydrogen-bond acceptors (Lipinski definition) is 3. The number of benzene rings is 1. The summed E-state index contributed by atoms with van der Waals surface area (Å²) in [5.74, 6) is -1.36. The Morgan fingerprint density at radius 3 is 2.86 bits per heavy atom. The molecule has 2 rings (SSSR count). The third-order valence-corrected chi connectivity index (χ3v) is 2.26. The molecule has 14 heavy (non-hydrogen) atoms. The molecule has 4 nitrogen and oxygen atoms in total. The predicted molar refractivity (Wildman–Crippen MR) is 47.3 cm³/mol. The molecule has 0 bridgehead atoms. The molecule has 0 saturated carbocycles. The number of cyclic esters (lactones) is 1. The van der Waals surface area contributed by atoms with Crippen LogP contribution in [0, 0.1) is 6.92 Å². The van der Waals surface area contributed by atoms with E-state index in [9.17, 15) is 9.59 Å². The molecule has 0 unspecified atom stereocenters. The first-order valence-corrected chi connectivity index (χ1v) is 4.13. The minimum Gasteiger partial charge on any atom is -0.478 e. The van der Waals surface area contributed by atoms with Crippen LogP contribution in [0.3, 0.4) is 0 Å². The second-order valence-electron chi connectivity index (χ2n) is 3.21. The van der Waals surface area contributed by atoms with Crippen molar-refractivity contribution >= 4 is 11.9 Å². The molecule has 0 fully saturated rings. The highest BCUT2D eigenvalue weighted by Crippen LogP contribution is 2.23. The van der Waals surface area contributed by atoms with Crippen molar-refractivity contribution in [2.45, 2.75) is 13.5 Å². The molecule has 0 aromatic heterocycles. The number of rotatable bonds is 1. The molecule has 1 aliphatic rings. The number of carboxylic acid groups (broad SMARTS) is 1. The Labute approximate surface area is 80.1 Å². The summed E-state index contributed by atoms with van der Waals surface area (Å²) in [5.41, 5.74) is 1.93. The van der Waals surface area contributed by atoms with E-state index in [0.29, 0.717) is 16.7 Å². The van der Waals surface area contributed by atoms with Gasteiger partial charge in [-0.25, -0.2) is 9.59 Å². The average molecular weight is 192 g/mol. The molecular formula is C10H8O4. The molecule has 0 aliphatic carbocycles. The van der Waals surface area contributed by atoms with E-state index in [1.807, 2.05) is 0 Å². The SMILES string of the molecule is Cc1cc2c(cc1C(=O)O)COC2=O. The lowest BCUT2D eigenvalue weighted by Gasteiger charge is -2.02. The van der Waals surface area contributed by atoms with Gasteiger partial charge in [0.15, 0.2) is 0 Å². The van der Waals surface area contributed by atoms with Crippen molar-refractivity contribution in [1.29, 1.82) is 0 Å². The fraction of sp³-hybridized carbons (Fsp3) is 0.200. The summed E-state index contributed by atoms with van der Waals surface area (Å²) in [6.45, 7) is 1.84. The Morgan fingerprint density at radius 1 is 1.50 bits per heavy atom. The van der Waals surface area contributed by atoms with Crippen molar-refractivity contribution in [3.63, 3.8) is 0 Å². The number of aryl methyl sites for hydroxylation is 1. The summed E-state index contributed by atoms with van der Waals surface area (Å²) < 4.78 is 4.78. The van der Waals surface area contributed by atoms with Crippen LogP contribution >= 0.6 is 0 Å². The quantitative estimate of drug-likeness (QED) is 0.682. The van der Waals surface area contributed by atoms with Crippen LogP contribution in [-0.4, -0.2) is 17.0 Å². The Hall–Kier alpha value is -1.84. The molecule has 1 aromatic carbocycles. The van der Waals surface area contributed by atoms with Crippen LogP contribution < -0.4 is 0 Å². The van der Waals surface area contributed by atoms with E-state index in [0.717, 1.165) is 0 Å². The van der Waals surface area contributed by atoms with E-state index in [1.165, 1.54) is 6.07 Å². The average Bonchev–Trinajstić information content (AvgIpc) is 2.46. The van der Waals surface area contributed by atoms with E-state index in [2.05, 4.69) is 0 Å². The zero-order chi connectivity index (χ0) is 10.3. The number of carboxylic acids is 1. The number of ether oxygens (including phenoxy) is 1. The molecule has 0 amide bonds. The molecule has 0 spiro atoms. The van der Waals surface area contributed by atoms with E-state index in [4.69, 9.17) is 9.84 Å². The van der Waals surface area contributed by atoms with E-state index < -0.39 is 5.97 Å². The standard InChI is InChI=1S/C10H8O4/c1-5-2-8-6(4-14-10(8)13)3-7(5)9(11)12/h2-3H,4H2,1H3,(H,11,12). The van der Waals surface area contributed by atoms with Gasteiger partial charge in [-0.05, 0) is 24.6 Å². The minimum absolute atomic E-state index is 0.175. The van der Waals surface area contributed by atoms with Gasteiger partial charge in [-0.15, -0.1) is 0 Å². The lowest BCUT2D eigenvalue weighted by atomic mass is 10.0. The predicted octanol–water partition coefficient (Wildman–Crippen LogP) is 1.36. The van der Waals surface area contributed by atoms with Crippen molar-refractivity contribution in [3.8, 4) is 0 Å². The molecule has 1 aliphatic heterocycles. The Morgan fingerprint density at radius 2 is 2.21 bits per heavy atom. The van der Waals surface area contributed by atoms with E-state index in [-0.39, 0.29) is 18.1 Å². The highest BCUT2D eigenvalue weighted by molar-refractivity contribution is 5.97. The first kappa shape index (κ1) is 8.74. The number of esters is 1. The second-order valence-corrected chi connectivity index (χ2v) is 3.21. The van der Waals surface area contributed by atoms with Crippen molar-refractivity contribution in [3.05, 3.63) is 34.4 Å². The maximum atomic E-state index is 11.1. The zero-order valence-corrected chi connectivity index (χ0v) is 7.53. The molecular weight excluding hydrogens is 184 g/mol. The lowest BCUT2D eigenvalue weighted by Crippen LogP contribution is -2.02. The topological polar surface area (TPSA) is 63.6 Å². The zero-order valence-electron chi connectivity index (χ0n) is 7.53. The maximum Gasteiger partial charge on any atom is 0.338 e. The van der Waals surface area contributed by atoms with Crippen LogP contribution in [-0.2, 0) is 11.3 Å². The van der Waals surface area contributed by atoms with Gasteiger partial charge in [0.05, 0.1) is 11.1 Å². The Balaban J connectivity index is 2.61. The normalized spacial score (nSPS) is 13.6. The molecule has 0 atom stereocenters. The summed E-state index contributed by atoms with van der Waals surface area (Å²) in [6, 6.07) is 3.06. The summed E-state index contributed by atoms with van der Waals surface area (Å²) in [7, 11) is 0. The lowest BCUT2D eigenvalue weighted by molar-refractivity contribution is 0.0534. The van der Waals surface area contributed by atoms with Gasteiger partial charge in [0, 0.05) is 5.56 Å². The fourth-order valence-corrected chi connectivity index (χ4v) is 1.51. The van der Waals surface area contributed by atoms with Gasteiger partial charge in [0.25, 0.3) is 0 Å². The Kier molecular flexibility index (Phi) is 1.77. The number of aromatic carboxylic acids is 1. The molecule has 1 N–H and O–H groups in total. The molecule has 1 aromatic rings. The van der Waals surface area contributed by atoms with Gasteiger partial charge in [0.1, 0.15) is 6.61 Å². The smallest absolute Gasteiger partial charge is 0.338 e. The Bertz CT molecular complexity index is 434. The molecule has 1 heterocycles. The van der Waals surface area contributed by atoms with Crippen molar-refractivity contribution in [2.24, 2.45) is 0 Å². The van der Waals surface area contributed by atoms with Gasteiger partial charge in [-0.2, -0.15) is 0 Å². The van der Waals surface area contributed by atoms with Crippen LogP contribution in [0.25, 0.3) is 0 Å². The number of carbonyl (C=O) groups is 2. The van der Waals surface area contributed by atoms with Gasteiger partial charge in [-0.3, -0.25) is 0 Å². The largest absolute Gasteiger partial charge is 0.478 e. The van der Waals surface area contributed by atoms with Gasteiger partial charge < -0.3 is 9.84 Å². The van der Waals surface area contributed by atoms with Crippen LogP contribution in [0.15, 0.2) is 12.1 Å². The summed E-state index contributed by atoms with van der Waals surface area (Å²) in [5, 5.41) is 8.84. The highest BCUT2D eigenvalue weighted by atomic mass is 16.5. The van der Waals surface area contributed by atoms with Crippen molar-refractivity contribution in [2.75, 3.05) is 0 Å². The van der Waals surface area contributed by atoms with Crippen LogP contribution in [0.5, 0.6) is 0 Å². The van der Waals surface area contributed by atoms with E-state index in [1.54, 1.807) is 13.0 Å². The minimum atomic E-state index is -0.982. The molecule has 4 heteroatoms. The third-order valence-electron chi connectivity index (χ3n) is 2.26. The van der Waals surface area contributed by atoms with Crippen LogP contribution in [0.1, 0.15) is 31.8 Å². The first-order chi connectivity index (χ1) is 6.59. The first-order valence-electron chi connectivity index (χ1n) is 4.13. The fourth-order valence-electron chi connectivity index (χ4n) is 1.51. The van der Waals surface area contributed by atoms with Crippen LogP contribution in [0.4, 0.5) is 0 Å². The highest BCUT2D eigenvalue weighted by Gasteiger charge is 2.23. The van der Waals surface area contributed by atoms with Crippen LogP contribution in [0.2, 0.25) is 0 Å². The van der Waals surface area contributed by atoms with Gasteiger partial charge in [-0.1, -0.05) is 0 Å². The monoisotopic (exact) mass is 192 g/mol. The summed E-state index contributed by atoms with van der Waals surface area (Å²) >= 11 is 0. The molecule has 72 valence electrons. The van der Waals surface area contributed by atoms with E-state index >= 15 is 0 Å². The van der Waals surface area contributed by atoms with Crippen molar-refractivity contribution in [1.82, 2.24) is 0 Å². The third kappa shape index (κ3) is 1.16. The summed E-state index contributed by atoms with van der Waals surface area (Å²) in [4.78, 5) is 21.9. The number of hydrogen-bond donors (Lipinski definition) is 1. The molecule has 0 saturated heterocycles. The number of carbonyl (C=O) groups excluding carboxylic acids is 1. The second kappa shape index (κ2) is 2.83. The van der Waals surface area contributed by atoms with Crippen molar-refractivity contribution < 1.29 is 19.4 Å². The molecule has 0 radical (unpaired) electrons. The summed E-state index contributed by atoms with van der Waals surface area (Å²) in [6.07, 6.45) is 0. The maximum absolute atomic E-state index is 11.1. The number of fused-ring (bicyclic) bond motifs is 1.